The third-order valence-corrected chi connectivity index (χ3v) is 2.98. The lowest BCUT2D eigenvalue weighted by Crippen LogP contribution is -2.00. The first-order chi connectivity index (χ1) is 8.84. The minimum Gasteiger partial charge on any atom is -0.462 e. The maximum atomic E-state index is 5.92. The minimum atomic E-state index is -0.357. The van der Waals surface area contributed by atoms with Crippen LogP contribution >= 0.6 is 0 Å². The molecule has 1 aliphatic rings. The maximum absolute atomic E-state index is 5.92. The highest BCUT2D eigenvalue weighted by atomic mass is 16.7. The Kier molecular flexibility index (Phi) is 2.87. The summed E-state index contributed by atoms with van der Waals surface area (Å²) in [5.74, 6) is 0.662. The van der Waals surface area contributed by atoms with Crippen LogP contribution in [0.2, 0.25) is 0 Å². The Morgan fingerprint density at radius 1 is 0.778 bits per heavy atom. The van der Waals surface area contributed by atoms with Gasteiger partial charge >= 0.3 is 0 Å². The summed E-state index contributed by atoms with van der Waals surface area (Å²) in [6, 6.07) is 19.9. The summed E-state index contributed by atoms with van der Waals surface area (Å²) in [5.41, 5.74) is 2.08. The molecule has 90 valence electrons. The van der Waals surface area contributed by atoms with Gasteiger partial charge in [0.1, 0.15) is 11.9 Å². The first-order valence-corrected chi connectivity index (χ1v) is 5.95. The Bertz CT molecular complexity index is 534. The molecule has 0 amide bonds. The molecule has 0 unspecified atom stereocenters. The van der Waals surface area contributed by atoms with Crippen LogP contribution in [-0.4, -0.2) is 0 Å². The van der Waals surface area contributed by atoms with E-state index in [1.807, 2.05) is 60.7 Å². The molecule has 0 aromatic heterocycles. The first kappa shape index (κ1) is 11.1. The Balaban J connectivity index is 1.83. The van der Waals surface area contributed by atoms with Crippen molar-refractivity contribution in [2.75, 3.05) is 0 Å². The maximum Gasteiger partial charge on any atom is 0.227 e. The summed E-state index contributed by atoms with van der Waals surface area (Å²) in [6.07, 6.45) is -0.541. The molecule has 1 heterocycles. The zero-order valence-electron chi connectivity index (χ0n) is 9.95. The van der Waals surface area contributed by atoms with E-state index in [0.717, 1.165) is 11.1 Å². The van der Waals surface area contributed by atoms with E-state index in [9.17, 15) is 0 Å². The number of hydrogen-bond donors (Lipinski definition) is 0. The summed E-state index contributed by atoms with van der Waals surface area (Å²) in [6.45, 7) is 3.94. The fourth-order valence-corrected chi connectivity index (χ4v) is 2.08. The largest absolute Gasteiger partial charge is 0.462 e. The van der Waals surface area contributed by atoms with Gasteiger partial charge in [0.15, 0.2) is 0 Å². The van der Waals surface area contributed by atoms with Crippen molar-refractivity contribution in [3.63, 3.8) is 0 Å². The topological polar surface area (TPSA) is 18.5 Å². The van der Waals surface area contributed by atoms with E-state index in [1.54, 1.807) is 0 Å². The van der Waals surface area contributed by atoms with E-state index >= 15 is 0 Å². The third kappa shape index (κ3) is 2.03. The van der Waals surface area contributed by atoms with Gasteiger partial charge in [-0.2, -0.15) is 0 Å². The molecular weight excluding hydrogens is 224 g/mol. The SMILES string of the molecule is C=C1O[C@@H](c2ccccc2)O[C@H]1c1ccccc1. The predicted octanol–water partition coefficient (Wildman–Crippen LogP) is 3.99. The van der Waals surface area contributed by atoms with Crippen molar-refractivity contribution in [1.82, 2.24) is 0 Å². The van der Waals surface area contributed by atoms with Gasteiger partial charge in [-0.15, -0.1) is 0 Å². The highest BCUT2D eigenvalue weighted by molar-refractivity contribution is 5.26. The molecule has 2 aromatic rings. The Labute approximate surface area is 106 Å². The molecule has 2 atom stereocenters. The molecule has 2 nitrogen and oxygen atoms in total. The quantitative estimate of drug-likeness (QED) is 0.787. The molecule has 18 heavy (non-hydrogen) atoms. The summed E-state index contributed by atoms with van der Waals surface area (Å²) in [7, 11) is 0. The zero-order valence-corrected chi connectivity index (χ0v) is 9.95. The summed E-state index contributed by atoms with van der Waals surface area (Å²) in [5, 5.41) is 0. The van der Waals surface area contributed by atoms with Crippen LogP contribution in [-0.2, 0) is 9.47 Å². The van der Waals surface area contributed by atoms with Gasteiger partial charge in [0.05, 0.1) is 0 Å². The number of rotatable bonds is 2. The van der Waals surface area contributed by atoms with Crippen LogP contribution in [0.3, 0.4) is 0 Å². The molecule has 1 fully saturated rings. The molecular formula is C16H14O2. The molecule has 0 spiro atoms. The second-order valence-corrected chi connectivity index (χ2v) is 4.25. The van der Waals surface area contributed by atoms with Crippen molar-refractivity contribution in [3.05, 3.63) is 84.1 Å². The number of benzene rings is 2. The summed E-state index contributed by atoms with van der Waals surface area (Å²) < 4.78 is 11.6. The van der Waals surface area contributed by atoms with Crippen molar-refractivity contribution < 1.29 is 9.47 Å². The fourth-order valence-electron chi connectivity index (χ4n) is 2.08. The predicted molar refractivity (Wildman–Crippen MR) is 69.7 cm³/mol. The van der Waals surface area contributed by atoms with E-state index < -0.39 is 0 Å². The Morgan fingerprint density at radius 2 is 1.33 bits per heavy atom. The van der Waals surface area contributed by atoms with Crippen LogP contribution < -0.4 is 0 Å². The van der Waals surface area contributed by atoms with Crippen molar-refractivity contribution in [2.45, 2.75) is 12.4 Å². The standard InChI is InChI=1S/C16H14O2/c1-12-15(13-8-4-2-5-9-13)18-16(17-12)14-10-6-3-7-11-14/h2-11,15-16H,1H2/t15-,16-/m1/s1. The lowest BCUT2D eigenvalue weighted by molar-refractivity contribution is -0.0560. The average molecular weight is 238 g/mol. The van der Waals surface area contributed by atoms with Gasteiger partial charge in [0.25, 0.3) is 0 Å². The fraction of sp³-hybridized carbons (Fsp3) is 0.125. The monoisotopic (exact) mass is 238 g/mol. The number of hydrogen-bond acceptors (Lipinski definition) is 2. The minimum absolute atomic E-state index is 0.184. The van der Waals surface area contributed by atoms with Gasteiger partial charge in [-0.1, -0.05) is 67.2 Å². The van der Waals surface area contributed by atoms with E-state index in [0.29, 0.717) is 5.76 Å². The van der Waals surface area contributed by atoms with Gasteiger partial charge in [0.2, 0.25) is 6.29 Å². The van der Waals surface area contributed by atoms with Crippen LogP contribution in [0.5, 0.6) is 0 Å². The van der Waals surface area contributed by atoms with Crippen LogP contribution in [0.1, 0.15) is 23.5 Å². The lowest BCUT2D eigenvalue weighted by Gasteiger charge is -2.10. The highest BCUT2D eigenvalue weighted by Crippen LogP contribution is 2.41. The van der Waals surface area contributed by atoms with Gasteiger partial charge in [-0.3, -0.25) is 0 Å². The Morgan fingerprint density at radius 3 is 1.94 bits per heavy atom. The van der Waals surface area contributed by atoms with Gasteiger partial charge < -0.3 is 9.47 Å². The van der Waals surface area contributed by atoms with E-state index in [1.165, 1.54) is 0 Å². The average Bonchev–Trinajstić information content (AvgIpc) is 2.83. The van der Waals surface area contributed by atoms with Crippen LogP contribution in [0.25, 0.3) is 0 Å². The van der Waals surface area contributed by atoms with E-state index in [2.05, 4.69) is 6.58 Å². The van der Waals surface area contributed by atoms with Crippen molar-refractivity contribution in [1.29, 1.82) is 0 Å². The molecule has 0 bridgehead atoms. The van der Waals surface area contributed by atoms with Crippen molar-refractivity contribution >= 4 is 0 Å². The Hall–Kier alpha value is -2.06. The molecule has 0 saturated carbocycles. The summed E-state index contributed by atoms with van der Waals surface area (Å²) >= 11 is 0. The van der Waals surface area contributed by atoms with Gasteiger partial charge in [-0.05, 0) is 5.56 Å². The molecule has 1 aliphatic heterocycles. The van der Waals surface area contributed by atoms with Crippen molar-refractivity contribution in [2.24, 2.45) is 0 Å². The van der Waals surface area contributed by atoms with E-state index in [-0.39, 0.29) is 12.4 Å². The van der Waals surface area contributed by atoms with Gasteiger partial charge in [0, 0.05) is 5.56 Å². The third-order valence-electron chi connectivity index (χ3n) is 2.98. The summed E-state index contributed by atoms with van der Waals surface area (Å²) in [4.78, 5) is 0. The van der Waals surface area contributed by atoms with Crippen LogP contribution in [0, 0.1) is 0 Å². The van der Waals surface area contributed by atoms with Crippen LogP contribution in [0.4, 0.5) is 0 Å². The number of ether oxygens (including phenoxy) is 2. The van der Waals surface area contributed by atoms with Gasteiger partial charge in [-0.25, -0.2) is 0 Å². The molecule has 2 aromatic carbocycles. The molecule has 0 aliphatic carbocycles. The lowest BCUT2D eigenvalue weighted by atomic mass is 10.1. The normalized spacial score (nSPS) is 22.8. The zero-order chi connectivity index (χ0) is 12.4. The first-order valence-electron chi connectivity index (χ1n) is 5.95. The smallest absolute Gasteiger partial charge is 0.227 e. The second kappa shape index (κ2) is 4.67. The molecule has 0 N–H and O–H groups in total. The van der Waals surface area contributed by atoms with Crippen LogP contribution in [0.15, 0.2) is 73.0 Å². The molecule has 1 saturated heterocycles. The molecule has 3 rings (SSSR count). The van der Waals surface area contributed by atoms with Crippen molar-refractivity contribution in [3.8, 4) is 0 Å². The highest BCUT2D eigenvalue weighted by Gasteiger charge is 2.32. The molecule has 0 radical (unpaired) electrons. The molecule has 2 heteroatoms. The second-order valence-electron chi connectivity index (χ2n) is 4.25. The van der Waals surface area contributed by atoms with E-state index in [4.69, 9.17) is 9.47 Å².